The third-order valence-electron chi connectivity index (χ3n) is 2.44. The molecule has 1 heterocycles. The van der Waals surface area contributed by atoms with Gasteiger partial charge in [-0.05, 0) is 35.2 Å². The minimum Gasteiger partial charge on any atom is -0.478 e. The van der Waals surface area contributed by atoms with Gasteiger partial charge < -0.3 is 5.11 Å². The second-order valence-corrected chi connectivity index (χ2v) is 4.64. The normalized spacial score (nSPS) is 11.1. The van der Waals surface area contributed by atoms with E-state index < -0.39 is 11.8 Å². The minimum atomic E-state index is -1.06. The Morgan fingerprint density at radius 1 is 1.42 bits per heavy atom. The highest BCUT2D eigenvalue weighted by Gasteiger charge is 2.12. The number of nitriles is 1. The van der Waals surface area contributed by atoms with Gasteiger partial charge >= 0.3 is 5.97 Å². The van der Waals surface area contributed by atoms with Crippen LogP contribution in [0.25, 0.3) is 11.6 Å². The quantitative estimate of drug-likeness (QED) is 0.872. The molecule has 19 heavy (non-hydrogen) atoms. The van der Waals surface area contributed by atoms with Crippen LogP contribution in [-0.2, 0) is 4.79 Å². The average Bonchev–Trinajstić information content (AvgIpc) is 2.91. The van der Waals surface area contributed by atoms with Crippen LogP contribution < -0.4 is 0 Å². The lowest BCUT2D eigenvalue weighted by Crippen LogP contribution is -1.97. The number of carboxylic acids is 1. The van der Waals surface area contributed by atoms with Gasteiger partial charge in [0.05, 0.1) is 11.1 Å². The number of thiophene rings is 1. The second kappa shape index (κ2) is 5.46. The summed E-state index contributed by atoms with van der Waals surface area (Å²) in [6.45, 7) is 0. The van der Waals surface area contributed by atoms with Gasteiger partial charge in [-0.15, -0.1) is 11.3 Å². The molecule has 0 amide bonds. The van der Waals surface area contributed by atoms with Crippen molar-refractivity contribution in [3.8, 4) is 6.07 Å². The molecule has 0 radical (unpaired) electrons. The van der Waals surface area contributed by atoms with Gasteiger partial charge in [-0.1, -0.05) is 12.1 Å². The van der Waals surface area contributed by atoms with Gasteiger partial charge in [0.25, 0.3) is 0 Å². The number of hydrogen-bond acceptors (Lipinski definition) is 3. The van der Waals surface area contributed by atoms with Crippen LogP contribution in [0, 0.1) is 17.1 Å². The largest absolute Gasteiger partial charge is 0.478 e. The summed E-state index contributed by atoms with van der Waals surface area (Å²) >= 11 is 1.30. The molecule has 0 spiro atoms. The first-order valence-corrected chi connectivity index (χ1v) is 6.18. The van der Waals surface area contributed by atoms with E-state index in [2.05, 4.69) is 0 Å². The molecule has 0 bridgehead atoms. The fourth-order valence-electron chi connectivity index (χ4n) is 1.56. The van der Waals surface area contributed by atoms with Crippen LogP contribution in [0.4, 0.5) is 4.39 Å². The number of hydrogen-bond donors (Lipinski definition) is 1. The summed E-state index contributed by atoms with van der Waals surface area (Å²) in [4.78, 5) is 11.8. The summed E-state index contributed by atoms with van der Waals surface area (Å²) in [5, 5.41) is 19.7. The molecule has 3 nitrogen and oxygen atoms in total. The number of nitrogens with zero attached hydrogens (tertiary/aromatic N) is 1. The highest BCUT2D eigenvalue weighted by Crippen LogP contribution is 2.23. The molecule has 1 aromatic heterocycles. The number of carboxylic acid groups (broad SMARTS) is 1. The highest BCUT2D eigenvalue weighted by atomic mass is 32.1. The molecule has 0 aliphatic rings. The SMILES string of the molecule is N#Cc1cc(/C=C(/C(=O)O)c2cccs2)ccc1F. The van der Waals surface area contributed by atoms with E-state index in [1.807, 2.05) is 0 Å². The Balaban J connectivity index is 2.49. The number of halogens is 1. The van der Waals surface area contributed by atoms with E-state index in [0.717, 1.165) is 6.07 Å². The van der Waals surface area contributed by atoms with E-state index in [0.29, 0.717) is 10.4 Å². The van der Waals surface area contributed by atoms with E-state index in [4.69, 9.17) is 5.26 Å². The Kier molecular flexibility index (Phi) is 3.74. The lowest BCUT2D eigenvalue weighted by atomic mass is 10.1. The molecule has 1 N–H and O–H groups in total. The van der Waals surface area contributed by atoms with Crippen molar-refractivity contribution in [1.29, 1.82) is 5.26 Å². The Labute approximate surface area is 112 Å². The first-order valence-electron chi connectivity index (χ1n) is 5.30. The first-order chi connectivity index (χ1) is 9.11. The van der Waals surface area contributed by atoms with E-state index in [1.54, 1.807) is 23.6 Å². The first kappa shape index (κ1) is 13.0. The van der Waals surface area contributed by atoms with Crippen molar-refractivity contribution in [2.24, 2.45) is 0 Å². The van der Waals surface area contributed by atoms with Crippen molar-refractivity contribution in [3.05, 3.63) is 57.5 Å². The highest BCUT2D eigenvalue weighted by molar-refractivity contribution is 7.11. The molecular weight excluding hydrogens is 265 g/mol. The van der Waals surface area contributed by atoms with Gasteiger partial charge in [-0.2, -0.15) is 5.26 Å². The van der Waals surface area contributed by atoms with E-state index in [1.165, 1.54) is 29.5 Å². The Morgan fingerprint density at radius 2 is 2.21 bits per heavy atom. The number of rotatable bonds is 3. The smallest absolute Gasteiger partial charge is 0.337 e. The number of benzene rings is 1. The van der Waals surface area contributed by atoms with Crippen molar-refractivity contribution in [3.63, 3.8) is 0 Å². The molecule has 2 rings (SSSR count). The predicted octanol–water partition coefficient (Wildman–Crippen LogP) is 3.38. The summed E-state index contributed by atoms with van der Waals surface area (Å²) in [6.07, 6.45) is 1.43. The maximum atomic E-state index is 13.2. The van der Waals surface area contributed by atoms with Gasteiger partial charge in [0, 0.05) is 4.88 Å². The predicted molar refractivity (Wildman–Crippen MR) is 70.9 cm³/mol. The summed E-state index contributed by atoms with van der Waals surface area (Å²) in [6, 6.07) is 9.08. The summed E-state index contributed by atoms with van der Waals surface area (Å²) in [5.74, 6) is -1.68. The lowest BCUT2D eigenvalue weighted by molar-refractivity contribution is -0.130. The third kappa shape index (κ3) is 2.87. The third-order valence-corrected chi connectivity index (χ3v) is 3.34. The van der Waals surface area contributed by atoms with Crippen LogP contribution in [-0.4, -0.2) is 11.1 Å². The van der Waals surface area contributed by atoms with Crippen molar-refractivity contribution in [2.75, 3.05) is 0 Å². The maximum absolute atomic E-state index is 13.2. The second-order valence-electron chi connectivity index (χ2n) is 3.69. The molecule has 0 fully saturated rings. The van der Waals surface area contributed by atoms with Crippen LogP contribution in [0.1, 0.15) is 16.0 Å². The maximum Gasteiger partial charge on any atom is 0.337 e. The van der Waals surface area contributed by atoms with Crippen LogP contribution in [0.5, 0.6) is 0 Å². The van der Waals surface area contributed by atoms with Crippen molar-refractivity contribution in [1.82, 2.24) is 0 Å². The topological polar surface area (TPSA) is 61.1 Å². The van der Waals surface area contributed by atoms with E-state index in [9.17, 15) is 14.3 Å². The molecular formula is C14H8FNO2S. The van der Waals surface area contributed by atoms with Crippen molar-refractivity contribution >= 4 is 29.0 Å². The van der Waals surface area contributed by atoms with Gasteiger partial charge in [0.1, 0.15) is 11.9 Å². The standard InChI is InChI=1S/C14H8FNO2S/c15-12-4-3-9(6-10(12)8-16)7-11(14(17)18)13-2-1-5-19-13/h1-7H,(H,17,18)/b11-7+. The van der Waals surface area contributed by atoms with Crippen molar-refractivity contribution in [2.45, 2.75) is 0 Å². The van der Waals surface area contributed by atoms with Crippen LogP contribution in [0.15, 0.2) is 35.7 Å². The van der Waals surface area contributed by atoms with Crippen LogP contribution in [0.2, 0.25) is 0 Å². The van der Waals surface area contributed by atoms with Gasteiger partial charge in [-0.25, -0.2) is 9.18 Å². The molecule has 1 aromatic carbocycles. The monoisotopic (exact) mass is 273 g/mol. The average molecular weight is 273 g/mol. The Hall–Kier alpha value is -2.45. The minimum absolute atomic E-state index is 0.107. The summed E-state index contributed by atoms with van der Waals surface area (Å²) in [7, 11) is 0. The molecule has 0 saturated heterocycles. The molecule has 0 aliphatic heterocycles. The van der Waals surface area contributed by atoms with Crippen LogP contribution in [0.3, 0.4) is 0 Å². The van der Waals surface area contributed by atoms with Gasteiger partial charge in [0.15, 0.2) is 0 Å². The van der Waals surface area contributed by atoms with Crippen molar-refractivity contribution < 1.29 is 14.3 Å². The van der Waals surface area contributed by atoms with E-state index >= 15 is 0 Å². The lowest BCUT2D eigenvalue weighted by Gasteiger charge is -2.01. The molecule has 0 aliphatic carbocycles. The molecule has 5 heteroatoms. The van der Waals surface area contributed by atoms with Gasteiger partial charge in [-0.3, -0.25) is 0 Å². The summed E-state index contributed by atoms with van der Waals surface area (Å²) in [5.41, 5.74) is 0.485. The number of aliphatic carboxylic acids is 1. The fraction of sp³-hybridized carbons (Fsp3) is 0. The van der Waals surface area contributed by atoms with E-state index in [-0.39, 0.29) is 11.1 Å². The zero-order valence-corrected chi connectivity index (χ0v) is 10.4. The Morgan fingerprint density at radius 3 is 2.79 bits per heavy atom. The molecule has 2 aromatic rings. The Bertz CT molecular complexity index is 684. The van der Waals surface area contributed by atoms with Gasteiger partial charge in [0.2, 0.25) is 0 Å². The molecule has 0 atom stereocenters. The molecule has 0 saturated carbocycles. The molecule has 0 unspecified atom stereocenters. The summed E-state index contributed by atoms with van der Waals surface area (Å²) < 4.78 is 13.2. The molecule has 94 valence electrons. The number of carbonyl (C=O) groups is 1. The van der Waals surface area contributed by atoms with Crippen LogP contribution >= 0.6 is 11.3 Å². The zero-order valence-electron chi connectivity index (χ0n) is 9.63. The zero-order chi connectivity index (χ0) is 13.8. The fourth-order valence-corrected chi connectivity index (χ4v) is 2.29.